The molecule has 3 nitrogen and oxygen atoms in total. The second kappa shape index (κ2) is 6.02. The minimum atomic E-state index is -0.424. The van der Waals surface area contributed by atoms with Crippen LogP contribution in [0.3, 0.4) is 0 Å². The molecule has 1 aromatic rings. The van der Waals surface area contributed by atoms with Crippen molar-refractivity contribution in [3.05, 3.63) is 19.3 Å². The molecule has 88 valence electrons. The smallest absolute Gasteiger partial charge is 0.325 e. The Kier molecular flexibility index (Phi) is 5.27. The molecule has 0 unspecified atom stereocenters. The first-order valence-electron chi connectivity index (χ1n) is 3.95. The van der Waals surface area contributed by atoms with Crippen LogP contribution in [0, 0.1) is 0 Å². The van der Waals surface area contributed by atoms with Gasteiger partial charge in [-0.2, -0.15) is 0 Å². The van der Waals surface area contributed by atoms with E-state index in [0.717, 1.165) is 11.3 Å². The van der Waals surface area contributed by atoms with Crippen LogP contribution >= 0.6 is 58.4 Å². The molecule has 0 aliphatic carbocycles. The summed E-state index contributed by atoms with van der Waals surface area (Å²) in [6.45, 7) is -0.0290. The van der Waals surface area contributed by atoms with Crippen LogP contribution in [0.1, 0.15) is 4.88 Å². The summed E-state index contributed by atoms with van der Waals surface area (Å²) < 4.78 is 4.82. The average molecular weight is 319 g/mol. The molecule has 0 aliphatic rings. The molecule has 16 heavy (non-hydrogen) atoms. The standard InChI is InChI=1S/C8H6Cl3NO2S2/c1-14-3(13)2-12-8(15)6-4(9)5(10)7(11)16-6/h2H2,1H3,(H,12,15). The molecule has 1 aromatic heterocycles. The van der Waals surface area contributed by atoms with Gasteiger partial charge in [-0.05, 0) is 0 Å². The summed E-state index contributed by atoms with van der Waals surface area (Å²) in [5.41, 5.74) is 0. The number of nitrogens with one attached hydrogen (secondary N) is 1. The second-order valence-corrected chi connectivity index (χ2v) is 5.38. The number of rotatable bonds is 3. The van der Waals surface area contributed by atoms with Crippen LogP contribution in [0.4, 0.5) is 0 Å². The highest BCUT2D eigenvalue weighted by Crippen LogP contribution is 2.40. The maximum atomic E-state index is 10.9. The van der Waals surface area contributed by atoms with Crippen molar-refractivity contribution in [2.45, 2.75) is 0 Å². The van der Waals surface area contributed by atoms with Gasteiger partial charge in [-0.1, -0.05) is 47.0 Å². The van der Waals surface area contributed by atoms with Gasteiger partial charge in [-0.3, -0.25) is 4.79 Å². The molecule has 0 atom stereocenters. The highest BCUT2D eigenvalue weighted by Gasteiger charge is 2.17. The number of carbonyl (C=O) groups is 1. The van der Waals surface area contributed by atoms with Gasteiger partial charge in [-0.25, -0.2) is 0 Å². The van der Waals surface area contributed by atoms with Gasteiger partial charge >= 0.3 is 5.97 Å². The van der Waals surface area contributed by atoms with Crippen molar-refractivity contribution in [2.75, 3.05) is 13.7 Å². The van der Waals surface area contributed by atoms with Crippen LogP contribution in [0.25, 0.3) is 0 Å². The fraction of sp³-hybridized carbons (Fsp3) is 0.250. The SMILES string of the molecule is COC(=O)CNC(=S)c1sc(Cl)c(Cl)c1Cl. The van der Waals surface area contributed by atoms with E-state index in [-0.39, 0.29) is 11.6 Å². The van der Waals surface area contributed by atoms with Crippen LogP contribution in [0.15, 0.2) is 0 Å². The van der Waals surface area contributed by atoms with Crippen molar-refractivity contribution >= 4 is 69.3 Å². The van der Waals surface area contributed by atoms with Crippen LogP contribution in [-0.2, 0) is 9.53 Å². The van der Waals surface area contributed by atoms with Crippen LogP contribution in [0.5, 0.6) is 0 Å². The van der Waals surface area contributed by atoms with Gasteiger partial charge < -0.3 is 10.1 Å². The number of ether oxygens (including phenoxy) is 1. The first-order chi connectivity index (χ1) is 7.47. The maximum absolute atomic E-state index is 10.9. The molecule has 0 saturated heterocycles. The van der Waals surface area contributed by atoms with Gasteiger partial charge in [0, 0.05) is 0 Å². The molecule has 1 N–H and O–H groups in total. The van der Waals surface area contributed by atoms with Gasteiger partial charge in [0.05, 0.1) is 22.0 Å². The highest BCUT2D eigenvalue weighted by molar-refractivity contribution is 7.81. The summed E-state index contributed by atoms with van der Waals surface area (Å²) in [6, 6.07) is 0. The van der Waals surface area contributed by atoms with E-state index in [1.807, 2.05) is 0 Å². The van der Waals surface area contributed by atoms with E-state index < -0.39 is 5.97 Å². The Morgan fingerprint density at radius 1 is 1.44 bits per heavy atom. The van der Waals surface area contributed by atoms with Crippen molar-refractivity contribution in [1.29, 1.82) is 0 Å². The third-order valence-electron chi connectivity index (χ3n) is 1.58. The quantitative estimate of drug-likeness (QED) is 0.686. The van der Waals surface area contributed by atoms with Crippen LogP contribution in [0.2, 0.25) is 14.4 Å². The van der Waals surface area contributed by atoms with E-state index in [9.17, 15) is 4.79 Å². The van der Waals surface area contributed by atoms with Crippen molar-refractivity contribution in [1.82, 2.24) is 5.32 Å². The number of carbonyl (C=O) groups excluding carboxylic acids is 1. The van der Waals surface area contributed by atoms with Crippen molar-refractivity contribution in [2.24, 2.45) is 0 Å². The predicted molar refractivity (Wildman–Crippen MR) is 71.1 cm³/mol. The molecule has 0 aliphatic heterocycles. The lowest BCUT2D eigenvalue weighted by atomic mass is 10.4. The molecule has 1 rings (SSSR count). The number of halogens is 3. The van der Waals surface area contributed by atoms with Crippen LogP contribution in [-0.4, -0.2) is 24.6 Å². The summed E-state index contributed by atoms with van der Waals surface area (Å²) in [5, 5.41) is 3.26. The Morgan fingerprint density at radius 2 is 2.06 bits per heavy atom. The van der Waals surface area contributed by atoms with Crippen LogP contribution < -0.4 is 5.32 Å². The summed E-state index contributed by atoms with van der Waals surface area (Å²) >= 11 is 23.7. The first-order valence-corrected chi connectivity index (χ1v) is 6.31. The van der Waals surface area contributed by atoms with E-state index in [2.05, 4.69) is 10.1 Å². The largest absolute Gasteiger partial charge is 0.468 e. The van der Waals surface area contributed by atoms with Crippen molar-refractivity contribution in [3.63, 3.8) is 0 Å². The number of esters is 1. The molecule has 0 amide bonds. The zero-order valence-corrected chi connectivity index (χ0v) is 11.9. The predicted octanol–water partition coefficient (Wildman–Crippen LogP) is 3.15. The lowest BCUT2D eigenvalue weighted by molar-refractivity contribution is -0.139. The number of thiocarbonyl (C=S) groups is 1. The maximum Gasteiger partial charge on any atom is 0.325 e. The molecule has 0 spiro atoms. The lowest BCUT2D eigenvalue weighted by Crippen LogP contribution is -2.28. The summed E-state index contributed by atoms with van der Waals surface area (Å²) in [5.74, 6) is -0.424. The lowest BCUT2D eigenvalue weighted by Gasteiger charge is -2.04. The van der Waals surface area contributed by atoms with E-state index in [1.165, 1.54) is 7.11 Å². The third-order valence-corrected chi connectivity index (χ3v) is 4.65. The Balaban J connectivity index is 2.74. The van der Waals surface area contributed by atoms with E-state index in [0.29, 0.717) is 19.2 Å². The molecule has 0 fully saturated rings. The van der Waals surface area contributed by atoms with Gasteiger partial charge in [0.25, 0.3) is 0 Å². The van der Waals surface area contributed by atoms with Gasteiger partial charge in [0.1, 0.15) is 15.9 Å². The fourth-order valence-electron chi connectivity index (χ4n) is 0.816. The summed E-state index contributed by atoms with van der Waals surface area (Å²) in [4.78, 5) is 11.7. The summed E-state index contributed by atoms with van der Waals surface area (Å²) in [7, 11) is 1.29. The molecular weight excluding hydrogens is 313 g/mol. The minimum absolute atomic E-state index is 0.0290. The first kappa shape index (κ1) is 14.0. The van der Waals surface area contributed by atoms with E-state index in [4.69, 9.17) is 47.0 Å². The van der Waals surface area contributed by atoms with Gasteiger partial charge in [-0.15, -0.1) is 11.3 Å². The normalized spacial score (nSPS) is 10.0. The molecular formula is C8H6Cl3NO2S2. The summed E-state index contributed by atoms with van der Waals surface area (Å²) in [6.07, 6.45) is 0. The number of methoxy groups -OCH3 is 1. The number of hydrogen-bond acceptors (Lipinski definition) is 4. The average Bonchev–Trinajstić information content (AvgIpc) is 2.53. The zero-order chi connectivity index (χ0) is 12.3. The molecule has 0 radical (unpaired) electrons. The monoisotopic (exact) mass is 317 g/mol. The van der Waals surface area contributed by atoms with Gasteiger partial charge in [0.15, 0.2) is 0 Å². The molecule has 0 aromatic carbocycles. The Hall–Kier alpha value is -0.0700. The Labute approximate surface area is 117 Å². The zero-order valence-electron chi connectivity index (χ0n) is 7.97. The third kappa shape index (κ3) is 3.21. The highest BCUT2D eigenvalue weighted by atomic mass is 35.5. The van der Waals surface area contributed by atoms with E-state index in [1.54, 1.807) is 0 Å². The fourth-order valence-corrected chi connectivity index (χ4v) is 2.90. The number of hydrogen-bond donors (Lipinski definition) is 1. The minimum Gasteiger partial charge on any atom is -0.468 e. The topological polar surface area (TPSA) is 38.3 Å². The van der Waals surface area contributed by atoms with Gasteiger partial charge in [0.2, 0.25) is 0 Å². The second-order valence-electron chi connectivity index (χ2n) is 2.59. The molecule has 0 bridgehead atoms. The van der Waals surface area contributed by atoms with E-state index >= 15 is 0 Å². The molecule has 8 heteroatoms. The van der Waals surface area contributed by atoms with Crippen molar-refractivity contribution in [3.8, 4) is 0 Å². The molecule has 1 heterocycles. The molecule has 0 saturated carbocycles. The number of thiophene rings is 1. The Bertz CT molecular complexity index is 433. The Morgan fingerprint density at radius 3 is 2.50 bits per heavy atom. The van der Waals surface area contributed by atoms with Crippen molar-refractivity contribution < 1.29 is 9.53 Å².